The smallest absolute Gasteiger partial charge is 0.241 e. The van der Waals surface area contributed by atoms with E-state index in [0.717, 1.165) is 24.9 Å². The zero-order chi connectivity index (χ0) is 21.1. The van der Waals surface area contributed by atoms with Crippen molar-refractivity contribution >= 4 is 0 Å². The topological polar surface area (TPSA) is 69.9 Å². The summed E-state index contributed by atoms with van der Waals surface area (Å²) in [6.07, 6.45) is 2.07. The molecule has 1 atom stereocenters. The summed E-state index contributed by atoms with van der Waals surface area (Å²) in [5.74, 6) is 2.21. The van der Waals surface area contributed by atoms with Gasteiger partial charge in [0.2, 0.25) is 17.5 Å². The Morgan fingerprint density at radius 3 is 2.50 bits per heavy atom. The number of ether oxygens (including phenoxy) is 3. The summed E-state index contributed by atoms with van der Waals surface area (Å²) in [5, 5.41) is 4.14. The van der Waals surface area contributed by atoms with Gasteiger partial charge in [-0.2, -0.15) is 4.98 Å². The van der Waals surface area contributed by atoms with Gasteiger partial charge in [0.05, 0.1) is 33.4 Å². The molecule has 7 nitrogen and oxygen atoms in total. The number of methoxy groups -OCH3 is 3. The maximum atomic E-state index is 13.3. The van der Waals surface area contributed by atoms with Crippen LogP contribution >= 0.6 is 0 Å². The van der Waals surface area contributed by atoms with E-state index >= 15 is 0 Å². The van der Waals surface area contributed by atoms with Crippen molar-refractivity contribution in [2.24, 2.45) is 0 Å². The first-order chi connectivity index (χ1) is 14.6. The van der Waals surface area contributed by atoms with Crippen LogP contribution in [0.1, 0.15) is 30.3 Å². The number of rotatable bonds is 7. The summed E-state index contributed by atoms with van der Waals surface area (Å²) in [4.78, 5) is 6.84. The molecule has 1 aliphatic heterocycles. The van der Waals surface area contributed by atoms with E-state index in [1.165, 1.54) is 12.1 Å². The van der Waals surface area contributed by atoms with Gasteiger partial charge in [0.1, 0.15) is 5.82 Å². The third-order valence-corrected chi connectivity index (χ3v) is 5.37. The second-order valence-electron chi connectivity index (χ2n) is 7.07. The summed E-state index contributed by atoms with van der Waals surface area (Å²) in [5.41, 5.74) is 1.75. The molecular formula is C22H24FN3O4. The lowest BCUT2D eigenvalue weighted by Crippen LogP contribution is -2.22. The SMILES string of the molecule is COc1ccc(-c2noc(CN3CCCC3c3ccc(F)cc3)n2)c(OC)c1OC. The molecule has 2 aromatic carbocycles. The van der Waals surface area contributed by atoms with Gasteiger partial charge >= 0.3 is 0 Å². The maximum Gasteiger partial charge on any atom is 0.241 e. The molecule has 1 fully saturated rings. The quantitative estimate of drug-likeness (QED) is 0.574. The highest BCUT2D eigenvalue weighted by molar-refractivity contribution is 5.72. The second-order valence-corrected chi connectivity index (χ2v) is 7.07. The van der Waals surface area contributed by atoms with Gasteiger partial charge in [0.25, 0.3) is 0 Å². The van der Waals surface area contributed by atoms with Gasteiger partial charge in [0.15, 0.2) is 11.5 Å². The Labute approximate surface area is 174 Å². The summed E-state index contributed by atoms with van der Waals surface area (Å²) in [7, 11) is 4.67. The zero-order valence-electron chi connectivity index (χ0n) is 17.2. The summed E-state index contributed by atoms with van der Waals surface area (Å²) in [6, 6.07) is 10.5. The maximum absolute atomic E-state index is 13.3. The lowest BCUT2D eigenvalue weighted by Gasteiger charge is -2.23. The number of halogens is 1. The largest absolute Gasteiger partial charge is 0.493 e. The number of aromatic nitrogens is 2. The minimum absolute atomic E-state index is 0.205. The number of hydrogen-bond donors (Lipinski definition) is 0. The summed E-state index contributed by atoms with van der Waals surface area (Å²) in [6.45, 7) is 1.43. The van der Waals surface area contributed by atoms with Crippen molar-refractivity contribution in [1.29, 1.82) is 0 Å². The Bertz CT molecular complexity index is 1010. The van der Waals surface area contributed by atoms with E-state index in [-0.39, 0.29) is 11.9 Å². The first kappa shape index (κ1) is 20.2. The van der Waals surface area contributed by atoms with E-state index in [1.807, 2.05) is 18.2 Å². The fourth-order valence-corrected chi connectivity index (χ4v) is 3.96. The van der Waals surface area contributed by atoms with Gasteiger partial charge in [-0.3, -0.25) is 4.90 Å². The summed E-state index contributed by atoms with van der Waals surface area (Å²) < 4.78 is 35.1. The molecule has 0 spiro atoms. The molecule has 0 amide bonds. The Hall–Kier alpha value is -3.13. The fraction of sp³-hybridized carbons (Fsp3) is 0.364. The van der Waals surface area contributed by atoms with E-state index in [9.17, 15) is 4.39 Å². The molecule has 30 heavy (non-hydrogen) atoms. The van der Waals surface area contributed by atoms with Crippen LogP contribution < -0.4 is 14.2 Å². The molecule has 0 N–H and O–H groups in total. The van der Waals surface area contributed by atoms with E-state index in [2.05, 4.69) is 15.0 Å². The van der Waals surface area contributed by atoms with Crippen molar-refractivity contribution in [3.8, 4) is 28.6 Å². The first-order valence-electron chi connectivity index (χ1n) is 9.76. The van der Waals surface area contributed by atoms with E-state index in [1.54, 1.807) is 27.4 Å². The average molecular weight is 413 g/mol. The molecule has 1 unspecified atom stereocenters. The third kappa shape index (κ3) is 3.82. The number of benzene rings is 2. The van der Waals surface area contributed by atoms with Gasteiger partial charge < -0.3 is 18.7 Å². The van der Waals surface area contributed by atoms with Gasteiger partial charge in [0, 0.05) is 6.04 Å². The molecule has 2 heterocycles. The Balaban J connectivity index is 1.57. The monoisotopic (exact) mass is 413 g/mol. The van der Waals surface area contributed by atoms with E-state index in [4.69, 9.17) is 18.7 Å². The third-order valence-electron chi connectivity index (χ3n) is 5.37. The molecule has 0 saturated carbocycles. The normalized spacial score (nSPS) is 16.6. The van der Waals surface area contributed by atoms with Crippen LogP contribution in [0, 0.1) is 5.82 Å². The number of hydrogen-bond acceptors (Lipinski definition) is 7. The Kier molecular flexibility index (Phi) is 5.85. The van der Waals surface area contributed by atoms with Crippen LogP contribution in [0.2, 0.25) is 0 Å². The van der Waals surface area contributed by atoms with Crippen molar-refractivity contribution in [2.45, 2.75) is 25.4 Å². The second kappa shape index (κ2) is 8.71. The molecule has 0 aliphatic carbocycles. The van der Waals surface area contributed by atoms with Crippen LogP contribution in [-0.4, -0.2) is 42.9 Å². The standard InChI is InChI=1S/C22H24FN3O4/c1-27-18-11-10-16(20(28-2)21(18)29-3)22-24-19(30-25-22)13-26-12-4-5-17(26)14-6-8-15(23)9-7-14/h6-11,17H,4-5,12-13H2,1-3H3. The van der Waals surface area contributed by atoms with Crippen LogP contribution in [0.15, 0.2) is 40.9 Å². The number of likely N-dealkylation sites (tertiary alicyclic amines) is 1. The van der Waals surface area contributed by atoms with Crippen molar-refractivity contribution in [3.63, 3.8) is 0 Å². The van der Waals surface area contributed by atoms with Gasteiger partial charge in [-0.25, -0.2) is 4.39 Å². The lowest BCUT2D eigenvalue weighted by molar-refractivity contribution is 0.212. The molecule has 1 saturated heterocycles. The molecule has 0 radical (unpaired) electrons. The Morgan fingerprint density at radius 2 is 1.80 bits per heavy atom. The van der Waals surface area contributed by atoms with Crippen molar-refractivity contribution in [3.05, 3.63) is 53.7 Å². The highest BCUT2D eigenvalue weighted by Crippen LogP contribution is 2.43. The molecule has 1 aliphatic rings. The minimum Gasteiger partial charge on any atom is -0.493 e. The zero-order valence-corrected chi connectivity index (χ0v) is 17.2. The molecule has 158 valence electrons. The van der Waals surface area contributed by atoms with Gasteiger partial charge in [-0.15, -0.1) is 0 Å². The van der Waals surface area contributed by atoms with Gasteiger partial charge in [-0.05, 0) is 49.2 Å². The van der Waals surface area contributed by atoms with E-state index in [0.29, 0.717) is 41.1 Å². The van der Waals surface area contributed by atoms with Gasteiger partial charge in [-0.1, -0.05) is 17.3 Å². The van der Waals surface area contributed by atoms with Crippen LogP contribution in [0.5, 0.6) is 17.2 Å². The first-order valence-corrected chi connectivity index (χ1v) is 9.76. The molecule has 1 aromatic heterocycles. The van der Waals surface area contributed by atoms with Crippen LogP contribution in [0.4, 0.5) is 4.39 Å². The van der Waals surface area contributed by atoms with Crippen LogP contribution in [0.25, 0.3) is 11.4 Å². The summed E-state index contributed by atoms with van der Waals surface area (Å²) >= 11 is 0. The van der Waals surface area contributed by atoms with Crippen molar-refractivity contribution in [1.82, 2.24) is 15.0 Å². The molecule has 4 rings (SSSR count). The molecule has 8 heteroatoms. The molecule has 3 aromatic rings. The Morgan fingerprint density at radius 1 is 1.03 bits per heavy atom. The minimum atomic E-state index is -0.228. The lowest BCUT2D eigenvalue weighted by atomic mass is 10.0. The van der Waals surface area contributed by atoms with Crippen molar-refractivity contribution in [2.75, 3.05) is 27.9 Å². The predicted molar refractivity (Wildman–Crippen MR) is 108 cm³/mol. The van der Waals surface area contributed by atoms with Crippen LogP contribution in [-0.2, 0) is 6.54 Å². The number of nitrogens with zero attached hydrogens (tertiary/aromatic N) is 3. The molecule has 0 bridgehead atoms. The highest BCUT2D eigenvalue weighted by atomic mass is 19.1. The molecular weight excluding hydrogens is 389 g/mol. The predicted octanol–water partition coefficient (Wildman–Crippen LogP) is 4.24. The van der Waals surface area contributed by atoms with E-state index < -0.39 is 0 Å². The van der Waals surface area contributed by atoms with Crippen LogP contribution in [0.3, 0.4) is 0 Å². The average Bonchev–Trinajstić information content (AvgIpc) is 3.43. The highest BCUT2D eigenvalue weighted by Gasteiger charge is 2.28. The van der Waals surface area contributed by atoms with Crippen molar-refractivity contribution < 1.29 is 23.1 Å². The fourth-order valence-electron chi connectivity index (χ4n) is 3.96.